The normalized spacial score (nSPS) is 18.8. The first kappa shape index (κ1) is 49.3. The first-order chi connectivity index (χ1) is 23.7. The average Bonchev–Trinajstić information content (AvgIpc) is 3.01. The van der Waals surface area contributed by atoms with E-state index in [0.29, 0.717) is 25.4 Å². The summed E-state index contributed by atoms with van der Waals surface area (Å²) in [4.78, 5) is 0. The molecule has 0 saturated heterocycles. The molecular weight excluding hydrogens is 689 g/mol. The van der Waals surface area contributed by atoms with Crippen molar-refractivity contribution in [3.05, 3.63) is 59.7 Å². The standard InChI is InChI=1S/C21H26.C8H15F3.C7H12F2.C2H3F3.C2H3N.CH3F.CH4/c1-16-4-6-17(7-5-16)18-8-10-19(11-9-18)20-12-14-21(2,3)15-13-20;1-6(2,3)7(4,5)8(9,10)11;1-6-2-4-7(8,9)5-3-6;1-2(3,4)5;1-2-3;1-2;/h4-11,20H,12-15H2,1-3H3;1-5H3;6H,2-5H2,1H3;1H3;1H3;1H3;1H4/i20D;;6D;;;;. The van der Waals surface area contributed by atoms with Gasteiger partial charge in [-0.2, -0.15) is 31.6 Å². The van der Waals surface area contributed by atoms with E-state index in [-0.39, 0.29) is 33.1 Å². The zero-order chi connectivity index (χ0) is 42.3. The second kappa shape index (κ2) is 23.2. The van der Waals surface area contributed by atoms with Crippen LogP contribution in [0.15, 0.2) is 48.5 Å². The Labute approximate surface area is 312 Å². The van der Waals surface area contributed by atoms with Crippen LogP contribution in [0.5, 0.6) is 0 Å². The lowest BCUT2D eigenvalue weighted by Gasteiger charge is -2.40. The molecule has 2 fully saturated rings. The predicted octanol–water partition coefficient (Wildman–Crippen LogP) is 16.1. The largest absolute Gasteiger partial charge is 0.394 e. The summed E-state index contributed by atoms with van der Waals surface area (Å²) >= 11 is 0. The fourth-order valence-electron chi connectivity index (χ4n) is 4.63. The van der Waals surface area contributed by atoms with Gasteiger partial charge in [0, 0.05) is 29.4 Å². The Kier molecular flexibility index (Phi) is 22.0. The molecule has 0 unspecified atom stereocenters. The molecule has 2 aromatic rings. The van der Waals surface area contributed by atoms with Crippen LogP contribution in [0.25, 0.3) is 11.1 Å². The molecule has 2 aliphatic rings. The third-order valence-electron chi connectivity index (χ3n) is 9.30. The zero-order valence-electron chi connectivity index (χ0n) is 34.6. The molecule has 0 spiro atoms. The van der Waals surface area contributed by atoms with Gasteiger partial charge in [0.1, 0.15) is 0 Å². The van der Waals surface area contributed by atoms with Crippen LogP contribution in [-0.2, 0) is 0 Å². The Morgan fingerprint density at radius 3 is 1.31 bits per heavy atom. The number of rotatable bonds is 2. The van der Waals surface area contributed by atoms with Crippen LogP contribution in [0.4, 0.5) is 39.5 Å². The van der Waals surface area contributed by atoms with Gasteiger partial charge in [0.25, 0.3) is 0 Å². The molecule has 0 aromatic heterocycles. The summed E-state index contributed by atoms with van der Waals surface area (Å²) < 4.78 is 119. The number of nitriles is 1. The van der Waals surface area contributed by atoms with E-state index in [9.17, 15) is 39.5 Å². The van der Waals surface area contributed by atoms with Crippen LogP contribution in [-0.4, -0.2) is 25.5 Å². The zero-order valence-corrected chi connectivity index (χ0v) is 32.6. The highest BCUT2D eigenvalue weighted by molar-refractivity contribution is 5.64. The van der Waals surface area contributed by atoms with Crippen LogP contribution < -0.4 is 0 Å². The van der Waals surface area contributed by atoms with Gasteiger partial charge < -0.3 is 0 Å². The highest BCUT2D eigenvalue weighted by atomic mass is 19.4. The van der Waals surface area contributed by atoms with E-state index in [1.54, 1.807) is 33.8 Å². The third-order valence-corrected chi connectivity index (χ3v) is 9.30. The Balaban J connectivity index is -0.000000688. The van der Waals surface area contributed by atoms with E-state index < -0.39 is 35.0 Å². The molecule has 0 atom stereocenters. The van der Waals surface area contributed by atoms with Crippen LogP contribution in [0.2, 0.25) is 0 Å². The van der Waals surface area contributed by atoms with Gasteiger partial charge in [-0.15, -0.1) is 0 Å². The van der Waals surface area contributed by atoms with Gasteiger partial charge in [-0.1, -0.05) is 117 Å². The molecule has 302 valence electrons. The van der Waals surface area contributed by atoms with Gasteiger partial charge in [0.2, 0.25) is 5.92 Å². The molecular formula is C42H66F9N. The number of benzene rings is 2. The number of alkyl halides is 9. The highest BCUT2D eigenvalue weighted by Gasteiger charge is 2.54. The molecule has 0 aliphatic heterocycles. The second-order valence-corrected chi connectivity index (χ2v) is 15.4. The average molecular weight is 758 g/mol. The number of aryl methyl sites for hydroxylation is 1. The maximum Gasteiger partial charge on any atom is 0.394 e. The molecule has 10 heteroatoms. The number of hydrogen-bond acceptors (Lipinski definition) is 1. The van der Waals surface area contributed by atoms with Gasteiger partial charge in [-0.05, 0) is 84.8 Å². The minimum absolute atomic E-state index is 0. The monoisotopic (exact) mass is 758 g/mol. The van der Waals surface area contributed by atoms with E-state index in [0.717, 1.165) is 25.7 Å². The van der Waals surface area contributed by atoms with E-state index >= 15 is 0 Å². The van der Waals surface area contributed by atoms with Crippen LogP contribution in [0.1, 0.15) is 148 Å². The summed E-state index contributed by atoms with van der Waals surface area (Å²) in [5.74, 6) is -3.47. The van der Waals surface area contributed by atoms with Crippen molar-refractivity contribution in [1.82, 2.24) is 0 Å². The van der Waals surface area contributed by atoms with Crippen LogP contribution in [0, 0.1) is 40.4 Å². The Morgan fingerprint density at radius 2 is 1.04 bits per heavy atom. The van der Waals surface area contributed by atoms with Crippen molar-refractivity contribution in [2.45, 2.75) is 159 Å². The Morgan fingerprint density at radius 1 is 0.712 bits per heavy atom. The lowest BCUT2D eigenvalue weighted by Crippen LogP contribution is -2.43. The molecule has 0 bridgehead atoms. The van der Waals surface area contributed by atoms with Crippen molar-refractivity contribution in [3.63, 3.8) is 0 Å². The first-order valence-electron chi connectivity index (χ1n) is 18.1. The van der Waals surface area contributed by atoms with Crippen LogP contribution >= 0.6 is 0 Å². The molecule has 0 heterocycles. The van der Waals surface area contributed by atoms with E-state index in [1.807, 2.05) is 0 Å². The summed E-state index contributed by atoms with van der Waals surface area (Å²) in [6, 6.07) is 19.1. The fraction of sp³-hybridized carbons (Fsp3) is 0.690. The molecule has 52 heavy (non-hydrogen) atoms. The van der Waals surface area contributed by atoms with E-state index in [2.05, 4.69) is 69.3 Å². The van der Waals surface area contributed by atoms with Crippen LogP contribution in [0.3, 0.4) is 0 Å². The van der Waals surface area contributed by atoms with E-state index in [1.165, 1.54) is 43.0 Å². The molecule has 2 aliphatic carbocycles. The Bertz CT molecular complexity index is 1290. The summed E-state index contributed by atoms with van der Waals surface area (Å²) in [6.45, 7) is 17.4. The summed E-state index contributed by atoms with van der Waals surface area (Å²) in [6.07, 6.45) is -3.41. The summed E-state index contributed by atoms with van der Waals surface area (Å²) in [7, 11) is 0.500. The van der Waals surface area contributed by atoms with Crippen molar-refractivity contribution >= 4 is 0 Å². The topological polar surface area (TPSA) is 23.8 Å². The first-order valence-corrected chi connectivity index (χ1v) is 17.1. The van der Waals surface area contributed by atoms with Gasteiger partial charge in [-0.25, -0.2) is 8.78 Å². The second-order valence-electron chi connectivity index (χ2n) is 15.4. The molecule has 0 N–H and O–H groups in total. The maximum atomic E-state index is 12.5. The molecule has 2 aromatic carbocycles. The highest BCUT2D eigenvalue weighted by Crippen LogP contribution is 2.50. The number of hydrogen-bond donors (Lipinski definition) is 0. The van der Waals surface area contributed by atoms with Gasteiger partial charge in [0.05, 0.1) is 18.7 Å². The lowest BCUT2D eigenvalue weighted by molar-refractivity contribution is -0.243. The third kappa shape index (κ3) is 22.4. The van der Waals surface area contributed by atoms with Gasteiger partial charge >= 0.3 is 12.4 Å². The molecule has 1 nitrogen and oxygen atoms in total. The number of halogens is 9. The minimum atomic E-state index is -4.12. The molecule has 4 rings (SSSR count). The lowest BCUT2D eigenvalue weighted by atomic mass is 9.69. The fourth-order valence-corrected chi connectivity index (χ4v) is 4.63. The maximum absolute atomic E-state index is 12.5. The van der Waals surface area contributed by atoms with Crippen molar-refractivity contribution < 1.29 is 42.3 Å². The molecule has 0 amide bonds. The Hall–Kier alpha value is -2.70. The van der Waals surface area contributed by atoms with E-state index in [4.69, 9.17) is 8.00 Å². The number of nitrogens with zero attached hydrogens (tertiary/aromatic N) is 1. The smallest absolute Gasteiger partial charge is 0.255 e. The SMILES string of the molecule is C.CC#N.CC(C)(C)C(C)(C)C(F)(F)F.CC(F)(F)F.CF.[2H]C1(C)CCC(F)(F)CC1.[2H]C1(c2ccc(-c3ccc(C)cc3)cc2)CCC(C)(C)CC1. The van der Waals surface area contributed by atoms with Crippen molar-refractivity contribution in [1.29, 1.82) is 5.26 Å². The minimum Gasteiger partial charge on any atom is -0.255 e. The molecule has 0 radical (unpaired) electrons. The van der Waals surface area contributed by atoms with Crippen molar-refractivity contribution in [2.24, 2.45) is 22.1 Å². The van der Waals surface area contributed by atoms with Gasteiger partial charge in [0.15, 0.2) is 0 Å². The van der Waals surface area contributed by atoms with Crippen molar-refractivity contribution in [3.8, 4) is 17.2 Å². The van der Waals surface area contributed by atoms with Crippen molar-refractivity contribution in [2.75, 3.05) is 7.18 Å². The summed E-state index contributed by atoms with van der Waals surface area (Å²) in [5, 5.41) is 7.32. The predicted molar refractivity (Wildman–Crippen MR) is 200 cm³/mol. The van der Waals surface area contributed by atoms with Gasteiger partial charge in [-0.3, -0.25) is 4.39 Å². The quantitative estimate of drug-likeness (QED) is 0.280. The summed E-state index contributed by atoms with van der Waals surface area (Å²) in [5.41, 5.74) is 3.00. The molecule has 2 saturated carbocycles.